The predicted molar refractivity (Wildman–Crippen MR) is 91.4 cm³/mol. The summed E-state index contributed by atoms with van der Waals surface area (Å²) in [7, 11) is 0. The van der Waals surface area contributed by atoms with Gasteiger partial charge in [0.1, 0.15) is 11.6 Å². The fourth-order valence-electron chi connectivity index (χ4n) is 2.68. The zero-order valence-corrected chi connectivity index (χ0v) is 14.5. The molecule has 1 aliphatic heterocycles. The summed E-state index contributed by atoms with van der Waals surface area (Å²) in [6.45, 7) is 2.58. The number of amides is 2. The number of hydrogen-bond donors (Lipinski definition) is 1. The van der Waals surface area contributed by atoms with E-state index in [-0.39, 0.29) is 37.4 Å². The van der Waals surface area contributed by atoms with Crippen molar-refractivity contribution in [3.63, 3.8) is 0 Å². The van der Waals surface area contributed by atoms with Crippen LogP contribution in [-0.2, 0) is 14.3 Å². The monoisotopic (exact) mass is 363 g/mol. The molecular weight excluding hydrogens is 342 g/mol. The summed E-state index contributed by atoms with van der Waals surface area (Å²) < 4.78 is 5.06. The molecule has 0 aliphatic carbocycles. The second-order valence-corrected chi connectivity index (χ2v) is 5.86. The molecule has 1 aliphatic rings. The molecule has 2 amide bonds. The molecule has 1 atom stereocenters. The number of rotatable bonds is 7. The highest BCUT2D eigenvalue weighted by atomic mass is 16.6. The molecule has 9 nitrogen and oxygen atoms in total. The Morgan fingerprint density at radius 1 is 1.38 bits per heavy atom. The topological polar surface area (TPSA) is 119 Å². The smallest absolute Gasteiger partial charge is 0.308 e. The van der Waals surface area contributed by atoms with Gasteiger partial charge < -0.3 is 15.0 Å². The van der Waals surface area contributed by atoms with Crippen molar-refractivity contribution in [2.45, 2.75) is 32.2 Å². The van der Waals surface area contributed by atoms with Crippen molar-refractivity contribution in [3.05, 3.63) is 39.9 Å². The van der Waals surface area contributed by atoms with Gasteiger partial charge in [-0.25, -0.2) is 0 Å². The van der Waals surface area contributed by atoms with Crippen molar-refractivity contribution in [1.29, 1.82) is 0 Å². The van der Waals surface area contributed by atoms with E-state index in [2.05, 4.69) is 5.32 Å². The van der Waals surface area contributed by atoms with Gasteiger partial charge in [-0.2, -0.15) is 0 Å². The van der Waals surface area contributed by atoms with Crippen LogP contribution in [0.1, 0.15) is 36.5 Å². The molecule has 26 heavy (non-hydrogen) atoms. The zero-order valence-electron chi connectivity index (χ0n) is 14.5. The number of carbonyl (C=O) groups excluding carboxylic acids is 3. The van der Waals surface area contributed by atoms with E-state index >= 15 is 0 Å². The number of benzene rings is 1. The van der Waals surface area contributed by atoms with E-state index in [4.69, 9.17) is 4.74 Å². The number of piperazine rings is 1. The lowest BCUT2D eigenvalue weighted by Gasteiger charge is -2.34. The number of unbranched alkanes of at least 4 members (excludes halogenated alkanes) is 1. The summed E-state index contributed by atoms with van der Waals surface area (Å²) in [5.41, 5.74) is -0.454. The molecule has 2 rings (SSSR count). The number of para-hydroxylation sites is 1. The highest BCUT2D eigenvalue weighted by Crippen LogP contribution is 2.22. The number of nitrogens with one attached hydrogen (secondary N) is 1. The summed E-state index contributed by atoms with van der Waals surface area (Å²) in [5.74, 6) is -1.71. The molecule has 140 valence electrons. The molecule has 0 saturated carbocycles. The van der Waals surface area contributed by atoms with Gasteiger partial charge in [-0.15, -0.1) is 0 Å². The minimum absolute atomic E-state index is 0.114. The van der Waals surface area contributed by atoms with Gasteiger partial charge in [0.15, 0.2) is 0 Å². The third-order valence-corrected chi connectivity index (χ3v) is 4.04. The first-order chi connectivity index (χ1) is 12.5. The third kappa shape index (κ3) is 4.56. The largest absolute Gasteiger partial charge is 0.466 e. The third-order valence-electron chi connectivity index (χ3n) is 4.04. The summed E-state index contributed by atoms with van der Waals surface area (Å²) in [4.78, 5) is 48.7. The van der Waals surface area contributed by atoms with Crippen LogP contribution in [0.5, 0.6) is 0 Å². The van der Waals surface area contributed by atoms with Gasteiger partial charge in [-0.3, -0.25) is 24.5 Å². The lowest BCUT2D eigenvalue weighted by atomic mass is 10.1. The molecule has 1 unspecified atom stereocenters. The molecule has 1 saturated heterocycles. The number of hydrogen-bond acceptors (Lipinski definition) is 6. The Morgan fingerprint density at radius 2 is 2.12 bits per heavy atom. The average molecular weight is 363 g/mol. The highest BCUT2D eigenvalue weighted by Gasteiger charge is 2.37. The van der Waals surface area contributed by atoms with Gasteiger partial charge in [-0.1, -0.05) is 25.5 Å². The lowest BCUT2D eigenvalue weighted by molar-refractivity contribution is -0.385. The number of carbonyl (C=O) groups is 3. The fraction of sp³-hybridized carbons (Fsp3) is 0.471. The molecule has 0 aromatic heterocycles. The summed E-state index contributed by atoms with van der Waals surface area (Å²) in [6, 6.07) is 4.48. The van der Waals surface area contributed by atoms with Crippen molar-refractivity contribution in [2.75, 3.05) is 19.7 Å². The molecule has 0 bridgehead atoms. The summed E-state index contributed by atoms with van der Waals surface area (Å²) in [6.07, 6.45) is 1.28. The van der Waals surface area contributed by atoms with Crippen LogP contribution in [0.15, 0.2) is 24.3 Å². The van der Waals surface area contributed by atoms with Crippen LogP contribution in [0.25, 0.3) is 0 Å². The second-order valence-electron chi connectivity index (χ2n) is 5.86. The summed E-state index contributed by atoms with van der Waals surface area (Å²) >= 11 is 0. The predicted octanol–water partition coefficient (Wildman–Crippen LogP) is 1.27. The van der Waals surface area contributed by atoms with E-state index < -0.39 is 28.7 Å². The molecule has 0 radical (unpaired) electrons. The number of nitrogens with zero attached hydrogens (tertiary/aromatic N) is 2. The second kappa shape index (κ2) is 8.93. The van der Waals surface area contributed by atoms with Crippen LogP contribution in [0.3, 0.4) is 0 Å². The Hall–Kier alpha value is -2.97. The average Bonchev–Trinajstić information content (AvgIpc) is 2.63. The highest BCUT2D eigenvalue weighted by molar-refractivity contribution is 6.01. The van der Waals surface area contributed by atoms with Gasteiger partial charge in [-0.05, 0) is 12.5 Å². The van der Waals surface area contributed by atoms with Crippen molar-refractivity contribution in [1.82, 2.24) is 10.2 Å². The first kappa shape index (κ1) is 19.4. The quantitative estimate of drug-likeness (QED) is 0.337. The van der Waals surface area contributed by atoms with Gasteiger partial charge >= 0.3 is 5.97 Å². The van der Waals surface area contributed by atoms with E-state index in [0.717, 1.165) is 6.42 Å². The molecule has 1 N–H and O–H groups in total. The number of ether oxygens (including phenoxy) is 1. The lowest BCUT2D eigenvalue weighted by Crippen LogP contribution is -2.57. The Labute approximate surface area is 150 Å². The minimum atomic E-state index is -1.05. The Morgan fingerprint density at radius 3 is 2.81 bits per heavy atom. The van der Waals surface area contributed by atoms with Crippen LogP contribution in [0.2, 0.25) is 0 Å². The molecule has 1 heterocycles. The van der Waals surface area contributed by atoms with E-state index in [1.165, 1.54) is 29.2 Å². The van der Waals surface area contributed by atoms with Crippen molar-refractivity contribution >= 4 is 23.5 Å². The zero-order chi connectivity index (χ0) is 19.1. The van der Waals surface area contributed by atoms with Crippen molar-refractivity contribution in [3.8, 4) is 0 Å². The van der Waals surface area contributed by atoms with Gasteiger partial charge in [0, 0.05) is 19.2 Å². The van der Waals surface area contributed by atoms with Crippen LogP contribution in [0, 0.1) is 10.1 Å². The number of nitro groups is 1. The maximum absolute atomic E-state index is 12.8. The molecule has 1 fully saturated rings. The Kier molecular flexibility index (Phi) is 6.65. The van der Waals surface area contributed by atoms with Crippen molar-refractivity contribution < 1.29 is 24.0 Å². The van der Waals surface area contributed by atoms with Gasteiger partial charge in [0.25, 0.3) is 11.6 Å². The fourth-order valence-corrected chi connectivity index (χ4v) is 2.68. The maximum Gasteiger partial charge on any atom is 0.308 e. The van der Waals surface area contributed by atoms with Crippen LogP contribution >= 0.6 is 0 Å². The van der Waals surface area contributed by atoms with E-state index in [1.807, 2.05) is 6.92 Å². The van der Waals surface area contributed by atoms with Gasteiger partial charge in [0.05, 0.1) is 18.0 Å². The SMILES string of the molecule is CCCCOC(=O)CC1C(=O)NCCN1C(=O)c1ccccc1[N+](=O)[O-]. The molecule has 1 aromatic carbocycles. The number of nitro benzene ring substituents is 1. The Bertz CT molecular complexity index is 705. The first-order valence-electron chi connectivity index (χ1n) is 8.43. The van der Waals surface area contributed by atoms with Gasteiger partial charge in [0.2, 0.25) is 5.91 Å². The summed E-state index contributed by atoms with van der Waals surface area (Å²) in [5, 5.41) is 13.8. The first-order valence-corrected chi connectivity index (χ1v) is 8.43. The van der Waals surface area contributed by atoms with Crippen LogP contribution in [0.4, 0.5) is 5.69 Å². The van der Waals surface area contributed by atoms with E-state index in [0.29, 0.717) is 6.42 Å². The normalized spacial score (nSPS) is 16.7. The molecular formula is C17H21N3O6. The van der Waals surface area contributed by atoms with Crippen molar-refractivity contribution in [2.24, 2.45) is 0 Å². The molecule has 9 heteroatoms. The number of esters is 1. The van der Waals surface area contributed by atoms with Crippen LogP contribution in [-0.4, -0.2) is 53.3 Å². The van der Waals surface area contributed by atoms with Crippen LogP contribution < -0.4 is 5.32 Å². The van der Waals surface area contributed by atoms with E-state index in [1.54, 1.807) is 0 Å². The standard InChI is InChI=1S/C17H21N3O6/c1-2-3-10-26-15(21)11-14-16(22)18-8-9-19(14)17(23)12-6-4-5-7-13(12)20(24)25/h4-7,14H,2-3,8-11H2,1H3,(H,18,22). The minimum Gasteiger partial charge on any atom is -0.466 e. The molecule has 0 spiro atoms. The molecule has 1 aromatic rings. The Balaban J connectivity index is 2.19. The van der Waals surface area contributed by atoms with E-state index in [9.17, 15) is 24.5 Å². The maximum atomic E-state index is 12.8.